The van der Waals surface area contributed by atoms with Crippen LogP contribution >= 0.6 is 11.3 Å². The molecule has 10 heteroatoms. The molecule has 1 fully saturated rings. The SMILES string of the molecule is CCC(=O)c1csc(NC(=O)[C@H]([C@@H](C)c2ccccc2)N2C(=O)NC(c3ccc(OC)c(C)c3)C2=O)n1. The molecule has 1 unspecified atom stereocenters. The molecular formula is C27H28N4O5S. The van der Waals surface area contributed by atoms with Crippen molar-refractivity contribution in [3.05, 3.63) is 76.3 Å². The van der Waals surface area contributed by atoms with E-state index in [1.165, 1.54) is 0 Å². The van der Waals surface area contributed by atoms with Gasteiger partial charge in [-0.1, -0.05) is 50.2 Å². The van der Waals surface area contributed by atoms with Crippen molar-refractivity contribution in [1.29, 1.82) is 0 Å². The van der Waals surface area contributed by atoms with Crippen LogP contribution in [0, 0.1) is 6.92 Å². The van der Waals surface area contributed by atoms with Gasteiger partial charge in [0, 0.05) is 17.7 Å². The quantitative estimate of drug-likeness (QED) is 0.318. The second kappa shape index (κ2) is 10.9. The molecule has 1 aliphatic rings. The second-order valence-electron chi connectivity index (χ2n) is 8.77. The number of imide groups is 1. The molecule has 2 heterocycles. The van der Waals surface area contributed by atoms with Crippen molar-refractivity contribution in [3.8, 4) is 5.75 Å². The van der Waals surface area contributed by atoms with E-state index in [1.54, 1.807) is 44.5 Å². The van der Waals surface area contributed by atoms with Crippen LogP contribution in [0.1, 0.15) is 59.4 Å². The maximum Gasteiger partial charge on any atom is 0.325 e. The summed E-state index contributed by atoms with van der Waals surface area (Å²) in [4.78, 5) is 57.6. The number of Topliss-reactive ketones (excluding diaryl/α,β-unsaturated/α-hetero) is 1. The first-order valence-corrected chi connectivity index (χ1v) is 12.8. The highest BCUT2D eigenvalue weighted by atomic mass is 32.1. The van der Waals surface area contributed by atoms with Crippen LogP contribution in [0.2, 0.25) is 0 Å². The average Bonchev–Trinajstić information content (AvgIpc) is 3.48. The van der Waals surface area contributed by atoms with Gasteiger partial charge in [-0.3, -0.25) is 14.4 Å². The first kappa shape index (κ1) is 26.0. The highest BCUT2D eigenvalue weighted by Crippen LogP contribution is 2.32. The Kier molecular flexibility index (Phi) is 7.68. The van der Waals surface area contributed by atoms with Gasteiger partial charge in [-0.25, -0.2) is 14.7 Å². The van der Waals surface area contributed by atoms with Crippen LogP contribution in [0.25, 0.3) is 0 Å². The van der Waals surface area contributed by atoms with E-state index in [0.29, 0.717) is 17.7 Å². The number of ether oxygens (including phenoxy) is 1. The van der Waals surface area contributed by atoms with Gasteiger partial charge in [0.2, 0.25) is 5.91 Å². The molecule has 2 N–H and O–H groups in total. The molecule has 0 radical (unpaired) electrons. The Morgan fingerprint density at radius 1 is 1.19 bits per heavy atom. The number of hydrogen-bond donors (Lipinski definition) is 2. The Morgan fingerprint density at radius 3 is 2.57 bits per heavy atom. The number of thiazole rings is 1. The molecule has 9 nitrogen and oxygen atoms in total. The zero-order valence-corrected chi connectivity index (χ0v) is 21.8. The number of nitrogens with one attached hydrogen (secondary N) is 2. The summed E-state index contributed by atoms with van der Waals surface area (Å²) >= 11 is 1.11. The van der Waals surface area contributed by atoms with Crippen molar-refractivity contribution < 1.29 is 23.9 Å². The van der Waals surface area contributed by atoms with E-state index in [9.17, 15) is 19.2 Å². The van der Waals surface area contributed by atoms with E-state index >= 15 is 0 Å². The summed E-state index contributed by atoms with van der Waals surface area (Å²) in [5.74, 6) is -1.10. The van der Waals surface area contributed by atoms with Crippen molar-refractivity contribution in [3.63, 3.8) is 0 Å². The molecule has 1 aliphatic heterocycles. The van der Waals surface area contributed by atoms with Gasteiger partial charge >= 0.3 is 6.03 Å². The van der Waals surface area contributed by atoms with Crippen molar-refractivity contribution in [2.45, 2.75) is 45.2 Å². The number of nitrogens with zero attached hydrogens (tertiary/aromatic N) is 2. The molecular weight excluding hydrogens is 492 g/mol. The standard InChI is InChI=1S/C27H28N4O5S/c1-5-20(32)19-14-37-26(28-19)30-24(33)23(16(3)17-9-7-6-8-10-17)31-25(34)22(29-27(31)35)18-11-12-21(36-4)15(2)13-18/h6-14,16,22-23H,5H2,1-4H3,(H,29,35)(H,28,30,33)/t16-,22?,23-/m0/s1. The minimum absolute atomic E-state index is 0.141. The largest absolute Gasteiger partial charge is 0.496 e. The lowest BCUT2D eigenvalue weighted by atomic mass is 9.91. The summed E-state index contributed by atoms with van der Waals surface area (Å²) in [7, 11) is 1.56. The van der Waals surface area contributed by atoms with Gasteiger partial charge in [0.05, 0.1) is 7.11 Å². The lowest BCUT2D eigenvalue weighted by Crippen LogP contribution is -2.50. The number of methoxy groups -OCH3 is 1. The van der Waals surface area contributed by atoms with Gasteiger partial charge in [0.15, 0.2) is 10.9 Å². The summed E-state index contributed by atoms with van der Waals surface area (Å²) < 4.78 is 5.30. The number of amides is 4. The van der Waals surface area contributed by atoms with E-state index in [2.05, 4.69) is 15.6 Å². The average molecular weight is 521 g/mol. The van der Waals surface area contributed by atoms with Gasteiger partial charge in [0.25, 0.3) is 5.91 Å². The fourth-order valence-corrected chi connectivity index (χ4v) is 5.11. The van der Waals surface area contributed by atoms with Gasteiger partial charge in [-0.15, -0.1) is 11.3 Å². The van der Waals surface area contributed by atoms with Crippen LogP contribution in [-0.2, 0) is 9.59 Å². The first-order chi connectivity index (χ1) is 17.7. The maximum absolute atomic E-state index is 13.6. The van der Waals surface area contributed by atoms with Crippen molar-refractivity contribution >= 4 is 40.1 Å². The van der Waals surface area contributed by atoms with Crippen molar-refractivity contribution in [2.24, 2.45) is 0 Å². The number of benzene rings is 2. The normalized spacial score (nSPS) is 16.8. The predicted molar refractivity (Wildman–Crippen MR) is 140 cm³/mol. The monoisotopic (exact) mass is 520 g/mol. The first-order valence-electron chi connectivity index (χ1n) is 11.9. The molecule has 2 aromatic carbocycles. The van der Waals surface area contributed by atoms with E-state index in [4.69, 9.17) is 4.74 Å². The van der Waals surface area contributed by atoms with Crippen LogP contribution in [0.15, 0.2) is 53.9 Å². The zero-order valence-electron chi connectivity index (χ0n) is 21.0. The third-order valence-corrected chi connectivity index (χ3v) is 7.17. The van der Waals surface area contributed by atoms with Gasteiger partial charge in [-0.2, -0.15) is 0 Å². The van der Waals surface area contributed by atoms with Gasteiger partial charge in [-0.05, 0) is 35.7 Å². The molecule has 3 aromatic rings. The second-order valence-corrected chi connectivity index (χ2v) is 9.63. The third kappa shape index (κ3) is 5.24. The van der Waals surface area contributed by atoms with Crippen LogP contribution in [-0.4, -0.2) is 46.7 Å². The summed E-state index contributed by atoms with van der Waals surface area (Å²) in [5.41, 5.74) is 2.45. The van der Waals surface area contributed by atoms with Crippen LogP contribution in [0.5, 0.6) is 5.75 Å². The number of urea groups is 1. The smallest absolute Gasteiger partial charge is 0.325 e. The van der Waals surface area contributed by atoms with E-state index in [0.717, 1.165) is 27.4 Å². The number of carbonyl (C=O) groups is 4. The molecule has 3 atom stereocenters. The molecule has 192 valence electrons. The van der Waals surface area contributed by atoms with Crippen molar-refractivity contribution in [1.82, 2.24) is 15.2 Å². The highest BCUT2D eigenvalue weighted by Gasteiger charge is 2.47. The van der Waals surface area contributed by atoms with Crippen LogP contribution < -0.4 is 15.4 Å². The maximum atomic E-state index is 13.6. The molecule has 1 aromatic heterocycles. The zero-order chi connectivity index (χ0) is 26.7. The Hall–Kier alpha value is -4.05. The number of aromatic nitrogens is 1. The van der Waals surface area contributed by atoms with E-state index in [-0.39, 0.29) is 16.6 Å². The highest BCUT2D eigenvalue weighted by molar-refractivity contribution is 7.14. The van der Waals surface area contributed by atoms with Gasteiger partial charge in [0.1, 0.15) is 23.5 Å². The van der Waals surface area contributed by atoms with Crippen LogP contribution in [0.4, 0.5) is 9.93 Å². The van der Waals surface area contributed by atoms with Crippen molar-refractivity contribution in [2.75, 3.05) is 12.4 Å². The van der Waals surface area contributed by atoms with E-state index in [1.807, 2.05) is 37.3 Å². The topological polar surface area (TPSA) is 118 Å². The number of ketones is 1. The predicted octanol–water partition coefficient (Wildman–Crippen LogP) is 4.46. The number of anilines is 1. The molecule has 37 heavy (non-hydrogen) atoms. The molecule has 0 spiro atoms. The Balaban J connectivity index is 1.67. The molecule has 0 saturated carbocycles. The number of rotatable bonds is 9. The number of hydrogen-bond acceptors (Lipinski definition) is 7. The number of carbonyl (C=O) groups excluding carboxylic acids is 4. The summed E-state index contributed by atoms with van der Waals surface area (Å²) in [6.07, 6.45) is 0.291. The van der Waals surface area contributed by atoms with Crippen LogP contribution in [0.3, 0.4) is 0 Å². The lowest BCUT2D eigenvalue weighted by Gasteiger charge is -2.29. The minimum Gasteiger partial charge on any atom is -0.496 e. The van der Waals surface area contributed by atoms with Gasteiger partial charge < -0.3 is 15.4 Å². The summed E-state index contributed by atoms with van der Waals surface area (Å²) in [5, 5.41) is 7.24. The van der Waals surface area contributed by atoms with E-state index < -0.39 is 35.8 Å². The molecule has 0 bridgehead atoms. The fraction of sp³-hybridized carbons (Fsp3) is 0.296. The molecule has 0 aliphatic carbocycles. The Labute approximate surface area is 218 Å². The summed E-state index contributed by atoms with van der Waals surface area (Å²) in [6, 6.07) is 11.7. The summed E-state index contributed by atoms with van der Waals surface area (Å²) in [6.45, 7) is 5.37. The lowest BCUT2D eigenvalue weighted by molar-refractivity contribution is -0.134. The third-order valence-electron chi connectivity index (χ3n) is 6.41. The minimum atomic E-state index is -1.16. The Bertz CT molecular complexity index is 1340. The molecule has 4 rings (SSSR count). The number of aryl methyl sites for hydroxylation is 1. The molecule has 1 saturated heterocycles. The fourth-order valence-electron chi connectivity index (χ4n) is 4.39. The Morgan fingerprint density at radius 2 is 1.92 bits per heavy atom. The molecule has 4 amide bonds.